The molecule has 0 saturated carbocycles. The van der Waals surface area contributed by atoms with Gasteiger partial charge in [0.15, 0.2) is 6.04 Å². The lowest BCUT2D eigenvalue weighted by Crippen LogP contribution is -2.71. The van der Waals surface area contributed by atoms with Gasteiger partial charge in [0.05, 0.1) is 13.2 Å². The molecule has 0 bridgehead atoms. The van der Waals surface area contributed by atoms with Crippen LogP contribution in [-0.2, 0) is 58.9 Å². The number of primary amides is 1. The molecule has 0 radical (unpaired) electrons. The third kappa shape index (κ3) is 22.7. The van der Waals surface area contributed by atoms with Crippen molar-refractivity contribution in [2.45, 2.75) is 128 Å². The molecule has 28 nitrogen and oxygen atoms in total. The normalized spacial score (nSPS) is 15.4. The number of nitrogens with two attached hydrogens (primary N) is 1. The van der Waals surface area contributed by atoms with Crippen LogP contribution < -0.4 is 48.7 Å². The van der Waals surface area contributed by atoms with E-state index < -0.39 is 161 Å². The van der Waals surface area contributed by atoms with Crippen molar-refractivity contribution in [3.63, 3.8) is 0 Å². The second kappa shape index (κ2) is 29.0. The first-order valence-corrected chi connectivity index (χ1v) is 23.0. The highest BCUT2D eigenvalue weighted by molar-refractivity contribution is 7.53. The van der Waals surface area contributed by atoms with Gasteiger partial charge in [0.25, 0.3) is 5.91 Å². The van der Waals surface area contributed by atoms with Crippen molar-refractivity contribution < 1.29 is 98.4 Å². The quantitative estimate of drug-likeness (QED) is 0.0308. The molecule has 1 aromatic carbocycles. The molecule has 8 amide bonds. The van der Waals surface area contributed by atoms with Crippen molar-refractivity contribution in [2.24, 2.45) is 17.6 Å². The summed E-state index contributed by atoms with van der Waals surface area (Å²) in [6.07, 6.45) is -4.95. The highest BCUT2D eigenvalue weighted by atomic mass is 31.2. The Bertz CT molecular complexity index is 1950. The lowest BCUT2D eigenvalue weighted by Gasteiger charge is -2.29. The molecule has 29 heteroatoms. The number of benzene rings is 1. The summed E-state index contributed by atoms with van der Waals surface area (Å²) in [5, 5.41) is 63.8. The predicted molar refractivity (Wildman–Crippen MR) is 238 cm³/mol. The molecule has 0 heterocycles. The van der Waals surface area contributed by atoms with Gasteiger partial charge in [-0.3, -0.25) is 43.2 Å². The summed E-state index contributed by atoms with van der Waals surface area (Å²) in [6.45, 7) is 5.53. The van der Waals surface area contributed by atoms with Crippen molar-refractivity contribution in [1.29, 1.82) is 0 Å². The summed E-state index contributed by atoms with van der Waals surface area (Å²) in [5.41, 5.74) is 9.35. The van der Waals surface area contributed by atoms with E-state index >= 15 is 0 Å². The van der Waals surface area contributed by atoms with Crippen LogP contribution in [0.5, 0.6) is 5.75 Å². The van der Waals surface area contributed by atoms with Crippen molar-refractivity contribution >= 4 is 67.4 Å². The molecular formula is C40H66N9O19P+2. The number of aliphatic carboxylic acids is 2. The van der Waals surface area contributed by atoms with Gasteiger partial charge < -0.3 is 74.2 Å². The van der Waals surface area contributed by atoms with Crippen LogP contribution in [0.15, 0.2) is 24.3 Å². The first-order valence-electron chi connectivity index (χ1n) is 21.4. The number of aromatic hydroxyl groups is 1. The monoisotopic (exact) mass is 1010 g/mol. The molecule has 0 aliphatic heterocycles. The van der Waals surface area contributed by atoms with E-state index in [-0.39, 0.29) is 30.4 Å². The summed E-state index contributed by atoms with van der Waals surface area (Å²) in [4.78, 5) is 159. The lowest BCUT2D eigenvalue weighted by molar-refractivity contribution is -0.414. The van der Waals surface area contributed by atoms with E-state index in [0.717, 1.165) is 6.92 Å². The largest absolute Gasteiger partial charge is 0.567 e. The fourth-order valence-electron chi connectivity index (χ4n) is 6.12. The molecule has 388 valence electrons. The molecule has 9 atom stereocenters. The maximum absolute atomic E-state index is 14.0. The average molecular weight is 1010 g/mol. The number of aliphatic hydroxyl groups excluding tert-OH is 2. The molecule has 0 fully saturated rings. The number of hydrogen-bond acceptors (Lipinski definition) is 17. The van der Waals surface area contributed by atoms with Crippen LogP contribution in [0, 0.1) is 11.8 Å². The number of carbonyl (C=O) groups is 10. The second-order valence-electron chi connectivity index (χ2n) is 16.7. The lowest BCUT2D eigenvalue weighted by atomic mass is 10.00. The number of phenols is 1. The first-order chi connectivity index (χ1) is 32.0. The summed E-state index contributed by atoms with van der Waals surface area (Å²) in [5.74, 6) is -12.8. The third-order valence-electron chi connectivity index (χ3n) is 10.1. The number of hydrogen-bond donors (Lipinski definition) is 17. The van der Waals surface area contributed by atoms with Crippen molar-refractivity contribution in [3.05, 3.63) is 29.8 Å². The predicted octanol–water partition coefficient (Wildman–Crippen LogP) is -6.10. The van der Waals surface area contributed by atoms with Crippen molar-refractivity contribution in [3.8, 4) is 5.75 Å². The molecule has 0 unspecified atom stereocenters. The van der Waals surface area contributed by atoms with Gasteiger partial charge in [-0.1, -0.05) is 39.8 Å². The molecule has 0 aliphatic carbocycles. The topological polar surface area (TPSA) is 480 Å². The Balaban J connectivity index is 3.60. The Labute approximate surface area is 396 Å². The minimum Gasteiger partial charge on any atom is -0.508 e. The number of quaternary nitrogens is 1. The first kappa shape index (κ1) is 60.9. The Hall–Kier alpha value is -6.13. The minimum atomic E-state index is -5.16. The number of carboxylic acid groups (broad SMARTS) is 2. The smallest absolute Gasteiger partial charge is 0.508 e. The zero-order valence-corrected chi connectivity index (χ0v) is 39.5. The van der Waals surface area contributed by atoms with Crippen LogP contribution in [0.3, 0.4) is 0 Å². The van der Waals surface area contributed by atoms with Gasteiger partial charge in [-0.25, -0.2) is 4.79 Å². The van der Waals surface area contributed by atoms with Crippen molar-refractivity contribution in [2.75, 3.05) is 13.2 Å². The fourth-order valence-corrected chi connectivity index (χ4v) is 6.69. The number of phenolic OH excluding ortho intramolecular Hbond substituents is 1. The van der Waals surface area contributed by atoms with E-state index in [0.29, 0.717) is 5.56 Å². The summed E-state index contributed by atoms with van der Waals surface area (Å²) >= 11 is 0. The number of nitrogens with one attached hydrogen (secondary N) is 7. The maximum Gasteiger partial charge on any atom is 0.567 e. The molecule has 0 spiro atoms. The van der Waals surface area contributed by atoms with Crippen LogP contribution in [0.25, 0.3) is 0 Å². The number of carboxylic acids is 2. The number of aliphatic hydroxyl groups is 2. The van der Waals surface area contributed by atoms with Gasteiger partial charge in [-0.15, -0.1) is 4.52 Å². The minimum absolute atomic E-state index is 0.135. The van der Waals surface area contributed by atoms with Crippen LogP contribution in [0.1, 0.15) is 72.3 Å². The molecule has 0 aromatic heterocycles. The summed E-state index contributed by atoms with van der Waals surface area (Å²) in [6, 6.07) is -7.91. The van der Waals surface area contributed by atoms with Crippen LogP contribution in [0.4, 0.5) is 0 Å². The van der Waals surface area contributed by atoms with Gasteiger partial charge >= 0.3 is 20.1 Å². The van der Waals surface area contributed by atoms with Gasteiger partial charge in [0.2, 0.25) is 41.4 Å². The van der Waals surface area contributed by atoms with Gasteiger partial charge in [-0.2, -0.15) is 14.7 Å². The van der Waals surface area contributed by atoms with Gasteiger partial charge in [0.1, 0.15) is 54.1 Å². The van der Waals surface area contributed by atoms with Gasteiger partial charge in [-0.05, 0) is 49.8 Å². The number of carbonyl (C=O) groups excluding carboxylic acids is 8. The van der Waals surface area contributed by atoms with E-state index in [9.17, 15) is 88.2 Å². The Morgan fingerprint density at radius 3 is 1.51 bits per heavy atom. The zero-order chi connectivity index (χ0) is 52.9. The highest BCUT2D eigenvalue weighted by Gasteiger charge is 2.43. The summed E-state index contributed by atoms with van der Waals surface area (Å²) in [7, 11) is -5.16. The van der Waals surface area contributed by atoms with Crippen LogP contribution in [0.2, 0.25) is 0 Å². The Morgan fingerprint density at radius 1 is 0.609 bits per heavy atom. The van der Waals surface area contributed by atoms with Crippen LogP contribution >= 0.6 is 8.17 Å². The molecule has 20 N–H and O–H groups in total. The fraction of sp³-hybridized carbons (Fsp3) is 0.600. The molecular weight excluding hydrogens is 941 g/mol. The zero-order valence-electron chi connectivity index (χ0n) is 38.6. The Morgan fingerprint density at radius 2 is 1.04 bits per heavy atom. The average Bonchev–Trinajstić information content (AvgIpc) is 3.24. The van der Waals surface area contributed by atoms with Crippen molar-refractivity contribution in [1.82, 2.24) is 37.2 Å². The molecule has 1 aromatic rings. The number of rotatable bonds is 31. The van der Waals surface area contributed by atoms with E-state index in [1.807, 2.05) is 0 Å². The molecule has 1 rings (SSSR count). The standard InChI is InChI=1S/C40H64N9O19P/c1-18(2)14-25(35(58)46-26(15-21-6-8-22(52)9-7-21)36(59)48-28(17-51)40(63)64)45-34(57)24(11-13-30(54)55)43-33(56)23(10-12-29(41)53)44-39(62)32(20(5)68-69(65,66)67)49-37(60)27(16-50)47-38(61)31(42)19(3)4/h6-9,18-20,23-28,31-32,50-51,65-67H,10-17,42H2,1-5H3,(H11-,41,43,44,45,46,47,48,49,52,53,54,55,56,57,58,59,60,61,62,63,64)/p+2/t20-,23+,24+,25+,26+,27+,28+,31+,32+/m1/s1. The molecule has 0 saturated heterocycles. The van der Waals surface area contributed by atoms with Crippen LogP contribution in [-0.4, -0.2) is 167 Å². The third-order valence-corrected chi connectivity index (χ3v) is 10.7. The molecule has 69 heavy (non-hydrogen) atoms. The van der Waals surface area contributed by atoms with E-state index in [1.54, 1.807) is 27.7 Å². The molecule has 0 aliphatic rings. The summed E-state index contributed by atoms with van der Waals surface area (Å²) < 4.78 is 4.72. The van der Waals surface area contributed by atoms with E-state index in [2.05, 4.69) is 43.0 Å². The second-order valence-corrected chi connectivity index (χ2v) is 17.9. The maximum atomic E-state index is 14.0. The number of amides is 8. The Kier molecular flexibility index (Phi) is 25.6. The van der Waals surface area contributed by atoms with Gasteiger partial charge in [0, 0.05) is 25.2 Å². The van der Waals surface area contributed by atoms with E-state index in [4.69, 9.17) is 10.3 Å². The highest BCUT2D eigenvalue weighted by Crippen LogP contribution is 2.47. The SMILES string of the molecule is CC(C)C[C@H](NC(=O)[C@H](CCC(=O)O)NC(=O)[C@H](CCC(N)=O)NC(=O)[C@@H](NC(=O)[C@H](CO)NC(=O)[C@@H]([NH3+])C(C)C)[C@@H](C)O[P+](O)(O)O)C(=O)N[C@@H](Cc1ccc(O)cc1)C(=O)N[C@@H](CO)C(=O)O. The van der Waals surface area contributed by atoms with E-state index in [1.165, 1.54) is 24.3 Å².